The number of anilines is 1. The van der Waals surface area contributed by atoms with Crippen LogP contribution in [0.3, 0.4) is 0 Å². The smallest absolute Gasteiger partial charge is 0.323 e. The standard InChI is InChI=1S/C23H25N5O2/c29-23(30)15-28-9-7-17-10-16(3-6-22(17)28)13-27-8-1-2-20(14-27)25-19-4-5-21-18(11-19)12-24-26-21/h3-7,9-12,20,25H,1-2,8,13-15H2,(H,24,26)(H,29,30). The molecule has 2 aromatic heterocycles. The number of carboxylic acid groups (broad SMARTS) is 1. The molecule has 7 nitrogen and oxygen atoms in total. The van der Waals surface area contributed by atoms with E-state index in [1.54, 1.807) is 4.57 Å². The summed E-state index contributed by atoms with van der Waals surface area (Å²) in [5, 5.41) is 22.0. The second kappa shape index (κ2) is 7.84. The summed E-state index contributed by atoms with van der Waals surface area (Å²) in [6, 6.07) is 15.1. The van der Waals surface area contributed by atoms with Gasteiger partial charge in [-0.3, -0.25) is 14.8 Å². The van der Waals surface area contributed by atoms with Gasteiger partial charge in [0, 0.05) is 41.9 Å². The fourth-order valence-electron chi connectivity index (χ4n) is 4.47. The number of fused-ring (bicyclic) bond motifs is 2. The fourth-order valence-corrected chi connectivity index (χ4v) is 4.47. The molecular formula is C23H25N5O2. The Hall–Kier alpha value is -3.32. The number of nitrogens with one attached hydrogen (secondary N) is 2. The first-order valence-electron chi connectivity index (χ1n) is 10.4. The number of carboxylic acids is 1. The Morgan fingerprint density at radius 1 is 1.20 bits per heavy atom. The maximum Gasteiger partial charge on any atom is 0.323 e. The average molecular weight is 403 g/mol. The summed E-state index contributed by atoms with van der Waals surface area (Å²) >= 11 is 0. The van der Waals surface area contributed by atoms with Gasteiger partial charge in [0.25, 0.3) is 0 Å². The van der Waals surface area contributed by atoms with Crippen LogP contribution in [0.15, 0.2) is 54.9 Å². The van der Waals surface area contributed by atoms with Gasteiger partial charge in [-0.25, -0.2) is 0 Å². The molecule has 1 saturated heterocycles. The molecule has 1 unspecified atom stereocenters. The molecular weight excluding hydrogens is 378 g/mol. The minimum atomic E-state index is -0.824. The zero-order chi connectivity index (χ0) is 20.5. The van der Waals surface area contributed by atoms with Crippen LogP contribution in [0.2, 0.25) is 0 Å². The van der Waals surface area contributed by atoms with Crippen LogP contribution in [0.1, 0.15) is 18.4 Å². The quantitative estimate of drug-likeness (QED) is 0.457. The van der Waals surface area contributed by atoms with Gasteiger partial charge < -0.3 is 15.0 Å². The Bertz CT molecular complexity index is 1190. The lowest BCUT2D eigenvalue weighted by Crippen LogP contribution is -2.41. The number of piperidine rings is 1. The van der Waals surface area contributed by atoms with Gasteiger partial charge >= 0.3 is 5.97 Å². The van der Waals surface area contributed by atoms with Crippen molar-refractivity contribution in [1.82, 2.24) is 19.7 Å². The Labute approximate surface area is 174 Å². The van der Waals surface area contributed by atoms with Crippen LogP contribution in [0.4, 0.5) is 5.69 Å². The van der Waals surface area contributed by atoms with Crippen molar-refractivity contribution in [2.45, 2.75) is 32.0 Å². The molecule has 2 aromatic carbocycles. The van der Waals surface area contributed by atoms with E-state index in [9.17, 15) is 4.79 Å². The van der Waals surface area contributed by atoms with E-state index in [-0.39, 0.29) is 6.54 Å². The van der Waals surface area contributed by atoms with Crippen LogP contribution >= 0.6 is 0 Å². The molecule has 1 aliphatic heterocycles. The number of hydrogen-bond acceptors (Lipinski definition) is 4. The Morgan fingerprint density at radius 2 is 2.13 bits per heavy atom. The molecule has 154 valence electrons. The van der Waals surface area contributed by atoms with Crippen LogP contribution in [0, 0.1) is 0 Å². The van der Waals surface area contributed by atoms with Crippen molar-refractivity contribution in [3.05, 3.63) is 60.4 Å². The molecule has 7 heteroatoms. The number of aromatic nitrogens is 3. The molecule has 0 aliphatic carbocycles. The first kappa shape index (κ1) is 18.7. The molecule has 0 radical (unpaired) electrons. The third-order valence-electron chi connectivity index (χ3n) is 5.86. The van der Waals surface area contributed by atoms with Crippen molar-refractivity contribution in [2.24, 2.45) is 0 Å². The topological polar surface area (TPSA) is 86.2 Å². The van der Waals surface area contributed by atoms with Crippen LogP contribution in [0.5, 0.6) is 0 Å². The number of aliphatic carboxylic acids is 1. The molecule has 1 atom stereocenters. The van der Waals surface area contributed by atoms with Gasteiger partial charge in [-0.2, -0.15) is 5.10 Å². The minimum Gasteiger partial charge on any atom is -0.480 e. The zero-order valence-electron chi connectivity index (χ0n) is 16.7. The van der Waals surface area contributed by atoms with E-state index in [1.807, 2.05) is 24.5 Å². The normalized spacial score (nSPS) is 17.5. The van der Waals surface area contributed by atoms with E-state index in [0.717, 1.165) is 53.5 Å². The van der Waals surface area contributed by atoms with Gasteiger partial charge in [0.05, 0.1) is 11.7 Å². The molecule has 0 bridgehead atoms. The van der Waals surface area contributed by atoms with Gasteiger partial charge in [-0.15, -0.1) is 0 Å². The predicted octanol–water partition coefficient (Wildman–Crippen LogP) is 3.68. The lowest BCUT2D eigenvalue weighted by Gasteiger charge is -2.33. The number of likely N-dealkylation sites (tertiary alicyclic amines) is 1. The van der Waals surface area contributed by atoms with Crippen molar-refractivity contribution < 1.29 is 9.90 Å². The molecule has 3 heterocycles. The summed E-state index contributed by atoms with van der Waals surface area (Å²) in [5.74, 6) is -0.824. The van der Waals surface area contributed by atoms with E-state index >= 15 is 0 Å². The van der Waals surface area contributed by atoms with Gasteiger partial charge in [-0.1, -0.05) is 6.07 Å². The molecule has 0 saturated carbocycles. The Kier molecular flexibility index (Phi) is 4.88. The minimum absolute atomic E-state index is 0.00701. The number of carbonyl (C=O) groups is 1. The first-order valence-corrected chi connectivity index (χ1v) is 10.4. The largest absolute Gasteiger partial charge is 0.480 e. The molecule has 0 spiro atoms. The van der Waals surface area contributed by atoms with Crippen LogP contribution in [-0.2, 0) is 17.9 Å². The van der Waals surface area contributed by atoms with Gasteiger partial charge in [-0.05, 0) is 66.7 Å². The van der Waals surface area contributed by atoms with E-state index in [0.29, 0.717) is 6.04 Å². The summed E-state index contributed by atoms with van der Waals surface area (Å²) in [6.45, 7) is 2.99. The summed E-state index contributed by atoms with van der Waals surface area (Å²) in [4.78, 5) is 13.5. The molecule has 5 rings (SSSR count). The van der Waals surface area contributed by atoms with Gasteiger partial charge in [0.15, 0.2) is 0 Å². The highest BCUT2D eigenvalue weighted by molar-refractivity contribution is 5.83. The number of H-pyrrole nitrogens is 1. The van der Waals surface area contributed by atoms with E-state index in [1.165, 1.54) is 12.0 Å². The van der Waals surface area contributed by atoms with Crippen LogP contribution in [-0.4, -0.2) is 49.9 Å². The van der Waals surface area contributed by atoms with Crippen molar-refractivity contribution in [3.63, 3.8) is 0 Å². The lowest BCUT2D eigenvalue weighted by atomic mass is 10.0. The molecule has 3 N–H and O–H groups in total. The molecule has 0 amide bonds. The number of hydrogen-bond donors (Lipinski definition) is 3. The summed E-state index contributed by atoms with van der Waals surface area (Å²) in [5.41, 5.74) is 4.42. The number of nitrogens with zero attached hydrogens (tertiary/aromatic N) is 3. The van der Waals surface area contributed by atoms with Crippen molar-refractivity contribution in [2.75, 3.05) is 18.4 Å². The maximum absolute atomic E-state index is 11.0. The Balaban J connectivity index is 1.25. The van der Waals surface area contributed by atoms with Crippen molar-refractivity contribution >= 4 is 33.5 Å². The number of rotatable bonds is 6. The summed E-state index contributed by atoms with van der Waals surface area (Å²) in [7, 11) is 0. The third kappa shape index (κ3) is 3.89. The van der Waals surface area contributed by atoms with Crippen molar-refractivity contribution in [3.8, 4) is 0 Å². The maximum atomic E-state index is 11.0. The average Bonchev–Trinajstić information content (AvgIpc) is 3.34. The monoisotopic (exact) mass is 403 g/mol. The highest BCUT2D eigenvalue weighted by Crippen LogP contribution is 2.23. The van der Waals surface area contributed by atoms with E-state index in [2.05, 4.69) is 50.7 Å². The highest BCUT2D eigenvalue weighted by Gasteiger charge is 2.20. The lowest BCUT2D eigenvalue weighted by molar-refractivity contribution is -0.137. The van der Waals surface area contributed by atoms with Crippen LogP contribution < -0.4 is 5.32 Å². The first-order chi connectivity index (χ1) is 14.6. The fraction of sp³-hybridized carbons (Fsp3) is 0.304. The zero-order valence-corrected chi connectivity index (χ0v) is 16.7. The van der Waals surface area contributed by atoms with E-state index < -0.39 is 5.97 Å². The molecule has 30 heavy (non-hydrogen) atoms. The van der Waals surface area contributed by atoms with Crippen LogP contribution in [0.25, 0.3) is 21.8 Å². The third-order valence-corrected chi connectivity index (χ3v) is 5.86. The highest BCUT2D eigenvalue weighted by atomic mass is 16.4. The van der Waals surface area contributed by atoms with Crippen molar-refractivity contribution in [1.29, 1.82) is 0 Å². The number of benzene rings is 2. The number of aromatic amines is 1. The predicted molar refractivity (Wildman–Crippen MR) is 118 cm³/mol. The SMILES string of the molecule is O=C(O)Cn1ccc2cc(CN3CCCC(Nc4ccc5[nH]ncc5c4)C3)ccc21. The molecule has 4 aromatic rings. The second-order valence-corrected chi connectivity index (χ2v) is 8.12. The molecule has 1 fully saturated rings. The van der Waals surface area contributed by atoms with E-state index in [4.69, 9.17) is 5.11 Å². The summed E-state index contributed by atoms with van der Waals surface area (Å²) in [6.07, 6.45) is 6.04. The van der Waals surface area contributed by atoms with Gasteiger partial charge in [0.1, 0.15) is 6.54 Å². The Morgan fingerprint density at radius 3 is 3.03 bits per heavy atom. The summed E-state index contributed by atoms with van der Waals surface area (Å²) < 4.78 is 1.78. The molecule has 1 aliphatic rings. The van der Waals surface area contributed by atoms with Gasteiger partial charge in [0.2, 0.25) is 0 Å². The second-order valence-electron chi connectivity index (χ2n) is 8.12.